The summed E-state index contributed by atoms with van der Waals surface area (Å²) in [6.07, 6.45) is 1.44. The molecule has 0 aromatic heterocycles. The van der Waals surface area contributed by atoms with Gasteiger partial charge in [0, 0.05) is 11.1 Å². The van der Waals surface area contributed by atoms with Gasteiger partial charge in [0.15, 0.2) is 0 Å². The summed E-state index contributed by atoms with van der Waals surface area (Å²) in [5, 5.41) is 6.42. The maximum Gasteiger partial charge on any atom is 0.343 e. The molecule has 0 unspecified atom stereocenters. The quantitative estimate of drug-likeness (QED) is 0.134. The van der Waals surface area contributed by atoms with Gasteiger partial charge in [-0.3, -0.25) is 4.79 Å². The van der Waals surface area contributed by atoms with E-state index in [9.17, 15) is 9.59 Å². The topological polar surface area (TPSA) is 77.0 Å². The number of rotatable bonds is 7. The number of carbonyl (C=O) groups excluding carboxylic acids is 2. The molecule has 0 heterocycles. The van der Waals surface area contributed by atoms with Crippen molar-refractivity contribution < 1.29 is 19.1 Å². The molecule has 1 N–H and O–H groups in total. The number of hydrazone groups is 1. The zero-order chi connectivity index (χ0) is 24.8. The van der Waals surface area contributed by atoms with Gasteiger partial charge in [0.1, 0.15) is 11.5 Å². The minimum absolute atomic E-state index is 0.265. The molecule has 0 aliphatic rings. The zero-order valence-corrected chi connectivity index (χ0v) is 20.1. The number of ether oxygens (including phenoxy) is 2. The molecule has 35 heavy (non-hydrogen) atoms. The Morgan fingerprint density at radius 1 is 0.914 bits per heavy atom. The van der Waals surface area contributed by atoms with Gasteiger partial charge in [0.05, 0.1) is 28.4 Å². The van der Waals surface area contributed by atoms with Crippen LogP contribution in [0.15, 0.2) is 84.0 Å². The zero-order valence-electron chi connectivity index (χ0n) is 18.6. The molecule has 0 aliphatic heterocycles. The van der Waals surface area contributed by atoms with Crippen molar-refractivity contribution in [2.45, 2.75) is 6.92 Å². The Bertz CT molecular complexity index is 1420. The van der Waals surface area contributed by atoms with Crippen molar-refractivity contribution >= 4 is 52.1 Å². The number of halogens is 2. The van der Waals surface area contributed by atoms with Crippen LogP contribution in [-0.4, -0.2) is 24.7 Å². The first kappa shape index (κ1) is 24.3. The molecule has 0 saturated heterocycles. The summed E-state index contributed by atoms with van der Waals surface area (Å²) in [5.41, 5.74) is 3.68. The van der Waals surface area contributed by atoms with Crippen molar-refractivity contribution in [3.8, 4) is 11.5 Å². The van der Waals surface area contributed by atoms with Crippen LogP contribution in [0.25, 0.3) is 10.8 Å². The lowest BCUT2D eigenvalue weighted by Gasteiger charge is -2.11. The van der Waals surface area contributed by atoms with E-state index in [-0.39, 0.29) is 5.02 Å². The van der Waals surface area contributed by atoms with E-state index in [2.05, 4.69) is 10.5 Å². The van der Waals surface area contributed by atoms with Gasteiger partial charge in [-0.25, -0.2) is 10.2 Å². The normalized spacial score (nSPS) is 10.9. The molecule has 1 amide bonds. The average molecular weight is 507 g/mol. The Kier molecular flexibility index (Phi) is 7.65. The highest BCUT2D eigenvalue weighted by Gasteiger charge is 2.14. The Morgan fingerprint density at radius 3 is 2.40 bits per heavy atom. The first-order valence-electron chi connectivity index (χ1n) is 10.7. The van der Waals surface area contributed by atoms with Gasteiger partial charge in [-0.05, 0) is 66.2 Å². The Hall–Kier alpha value is -3.87. The SMILES string of the molecule is CCOc1ccc(C(=O)Oc2ccc3ccccc3c2C=NNC(=O)c2ccc(Cl)c(Cl)c2)cc1. The summed E-state index contributed by atoms with van der Waals surface area (Å²) in [6.45, 7) is 2.42. The number of hydrogen-bond donors (Lipinski definition) is 1. The lowest BCUT2D eigenvalue weighted by atomic mass is 10.0. The standard InChI is InChI=1S/C27H20Cl2N2O4/c1-2-34-20-11-7-18(8-12-20)27(33)35-25-14-10-17-5-3-4-6-21(17)22(25)16-30-31-26(32)19-9-13-23(28)24(29)15-19/h3-16H,2H2,1H3,(H,31,32). The van der Waals surface area contributed by atoms with Crippen molar-refractivity contribution in [2.75, 3.05) is 6.61 Å². The van der Waals surface area contributed by atoms with E-state index in [0.29, 0.717) is 39.8 Å². The molecule has 0 spiro atoms. The van der Waals surface area contributed by atoms with Gasteiger partial charge in [-0.1, -0.05) is 53.5 Å². The number of fused-ring (bicyclic) bond motifs is 1. The minimum atomic E-state index is -0.530. The van der Waals surface area contributed by atoms with E-state index in [1.165, 1.54) is 18.3 Å². The fraction of sp³-hybridized carbons (Fsp3) is 0.0741. The first-order chi connectivity index (χ1) is 17.0. The summed E-state index contributed by atoms with van der Waals surface area (Å²) < 4.78 is 11.1. The molecule has 0 saturated carbocycles. The fourth-order valence-corrected chi connectivity index (χ4v) is 3.67. The first-order valence-corrected chi connectivity index (χ1v) is 11.5. The van der Waals surface area contributed by atoms with Crippen molar-refractivity contribution in [1.82, 2.24) is 5.43 Å². The van der Waals surface area contributed by atoms with Crippen molar-refractivity contribution in [3.05, 3.63) is 106 Å². The molecule has 0 atom stereocenters. The largest absolute Gasteiger partial charge is 0.494 e. The van der Waals surface area contributed by atoms with Gasteiger partial charge in [0.25, 0.3) is 5.91 Å². The molecule has 4 aromatic rings. The highest BCUT2D eigenvalue weighted by atomic mass is 35.5. The maximum atomic E-state index is 12.8. The minimum Gasteiger partial charge on any atom is -0.494 e. The predicted molar refractivity (Wildman–Crippen MR) is 138 cm³/mol. The van der Waals surface area contributed by atoms with Crippen molar-refractivity contribution in [1.29, 1.82) is 0 Å². The lowest BCUT2D eigenvalue weighted by Crippen LogP contribution is -2.17. The highest BCUT2D eigenvalue weighted by molar-refractivity contribution is 6.42. The summed E-state index contributed by atoms with van der Waals surface area (Å²) in [6, 6.07) is 22.3. The second-order valence-electron chi connectivity index (χ2n) is 7.37. The Labute approximate surface area is 212 Å². The summed E-state index contributed by atoms with van der Waals surface area (Å²) in [4.78, 5) is 25.3. The van der Waals surface area contributed by atoms with Crippen LogP contribution in [0.5, 0.6) is 11.5 Å². The molecule has 4 aromatic carbocycles. The van der Waals surface area contributed by atoms with Crippen LogP contribution < -0.4 is 14.9 Å². The van der Waals surface area contributed by atoms with Crippen molar-refractivity contribution in [2.24, 2.45) is 5.10 Å². The molecule has 6 nitrogen and oxygen atoms in total. The molecule has 0 aliphatic carbocycles. The molecule has 0 radical (unpaired) electrons. The van der Waals surface area contributed by atoms with Crippen molar-refractivity contribution in [3.63, 3.8) is 0 Å². The fourth-order valence-electron chi connectivity index (χ4n) is 3.37. The van der Waals surface area contributed by atoms with Gasteiger partial charge < -0.3 is 9.47 Å². The monoisotopic (exact) mass is 506 g/mol. The van der Waals surface area contributed by atoms with E-state index >= 15 is 0 Å². The third-order valence-electron chi connectivity index (χ3n) is 5.08. The molecule has 0 fully saturated rings. The maximum absolute atomic E-state index is 12.8. The van der Waals surface area contributed by atoms with Crippen LogP contribution in [0.4, 0.5) is 0 Å². The highest BCUT2D eigenvalue weighted by Crippen LogP contribution is 2.28. The van der Waals surface area contributed by atoms with Crippen LogP contribution >= 0.6 is 23.2 Å². The average Bonchev–Trinajstić information content (AvgIpc) is 2.87. The third kappa shape index (κ3) is 5.80. The number of benzene rings is 4. The van der Waals surface area contributed by atoms with Gasteiger partial charge >= 0.3 is 5.97 Å². The van der Waals surface area contributed by atoms with Gasteiger partial charge in [0.2, 0.25) is 0 Å². The molecule has 4 rings (SSSR count). The number of amides is 1. The Morgan fingerprint density at radius 2 is 1.66 bits per heavy atom. The second kappa shape index (κ2) is 11.0. The molecule has 176 valence electrons. The lowest BCUT2D eigenvalue weighted by molar-refractivity contribution is 0.0734. The van der Waals surface area contributed by atoms with Gasteiger partial charge in [-0.15, -0.1) is 0 Å². The number of esters is 1. The van der Waals surface area contributed by atoms with Crippen LogP contribution in [0.2, 0.25) is 10.0 Å². The van der Waals surface area contributed by atoms with Crippen LogP contribution in [0.1, 0.15) is 33.2 Å². The van der Waals surface area contributed by atoms with E-state index in [0.717, 1.165) is 10.8 Å². The molecular formula is C27H20Cl2N2O4. The number of nitrogens with one attached hydrogen (secondary N) is 1. The summed E-state index contributed by atoms with van der Waals surface area (Å²) in [5.74, 6) is -0.0266. The number of carbonyl (C=O) groups is 2. The molecule has 8 heteroatoms. The Balaban J connectivity index is 1.59. The number of hydrogen-bond acceptors (Lipinski definition) is 5. The third-order valence-corrected chi connectivity index (χ3v) is 5.81. The summed E-state index contributed by atoms with van der Waals surface area (Å²) in [7, 11) is 0. The van der Waals surface area contributed by atoms with Gasteiger partial charge in [-0.2, -0.15) is 5.10 Å². The van der Waals surface area contributed by atoms with E-state index < -0.39 is 11.9 Å². The number of nitrogens with zero attached hydrogens (tertiary/aromatic N) is 1. The van der Waals surface area contributed by atoms with Crippen LogP contribution in [0.3, 0.4) is 0 Å². The van der Waals surface area contributed by atoms with E-state index in [1.807, 2.05) is 37.3 Å². The van der Waals surface area contributed by atoms with Crippen LogP contribution in [0, 0.1) is 0 Å². The van der Waals surface area contributed by atoms with E-state index in [1.54, 1.807) is 36.4 Å². The summed E-state index contributed by atoms with van der Waals surface area (Å²) >= 11 is 11.9. The predicted octanol–water partition coefficient (Wildman–Crippen LogP) is 6.53. The molecular weight excluding hydrogens is 487 g/mol. The van der Waals surface area contributed by atoms with Crippen LogP contribution in [-0.2, 0) is 0 Å². The van der Waals surface area contributed by atoms with E-state index in [4.69, 9.17) is 32.7 Å². The second-order valence-corrected chi connectivity index (χ2v) is 8.19. The smallest absolute Gasteiger partial charge is 0.343 e. The molecule has 0 bridgehead atoms.